The number of carbonyl (C=O) groups excluding carboxylic acids is 1. The molecular weight excluding hydrogens is 371 g/mol. The van der Waals surface area contributed by atoms with Gasteiger partial charge < -0.3 is 14.8 Å². The Balaban J connectivity index is 2.19. The molecule has 0 aliphatic heterocycles. The zero-order chi connectivity index (χ0) is 19.3. The van der Waals surface area contributed by atoms with Gasteiger partial charge in [-0.25, -0.2) is 0 Å². The number of carbonyl (C=O) groups is 1. The van der Waals surface area contributed by atoms with E-state index in [0.29, 0.717) is 17.9 Å². The van der Waals surface area contributed by atoms with Gasteiger partial charge in [0.25, 0.3) is 5.91 Å². The number of alkyl halides is 3. The Hall–Kier alpha value is -2.41. The van der Waals surface area contributed by atoms with Crippen LogP contribution in [0.3, 0.4) is 0 Å². The summed E-state index contributed by atoms with van der Waals surface area (Å²) in [6.45, 7) is 1.72. The predicted octanol–water partition coefficient (Wildman–Crippen LogP) is 5.16. The number of benzene rings is 2. The Morgan fingerprint density at radius 3 is 2.42 bits per heavy atom. The first-order chi connectivity index (χ1) is 12.3. The number of anilines is 1. The van der Waals surface area contributed by atoms with Crippen LogP contribution in [0, 0.1) is 0 Å². The van der Waals surface area contributed by atoms with E-state index in [1.807, 2.05) is 0 Å². The van der Waals surface area contributed by atoms with Gasteiger partial charge in [-0.05, 0) is 36.8 Å². The monoisotopic (exact) mass is 387 g/mol. The van der Waals surface area contributed by atoms with Crippen LogP contribution in [0.2, 0.25) is 5.02 Å². The lowest BCUT2D eigenvalue weighted by molar-refractivity contribution is -0.137. The fraction of sp³-hybridized carbons (Fsp3) is 0.278. The molecule has 0 aromatic heterocycles. The summed E-state index contributed by atoms with van der Waals surface area (Å²) in [5, 5.41) is 2.39. The van der Waals surface area contributed by atoms with Crippen LogP contribution in [0.4, 0.5) is 18.9 Å². The average Bonchev–Trinajstić information content (AvgIpc) is 2.60. The summed E-state index contributed by atoms with van der Waals surface area (Å²) in [6.07, 6.45) is -5.18. The number of amides is 1. The normalized spacial score (nSPS) is 12.4. The van der Waals surface area contributed by atoms with Crippen LogP contribution < -0.4 is 14.8 Å². The molecule has 0 radical (unpaired) electrons. The third-order valence-corrected chi connectivity index (χ3v) is 3.88. The van der Waals surface area contributed by atoms with Crippen LogP contribution in [-0.2, 0) is 11.0 Å². The number of halogens is 4. The van der Waals surface area contributed by atoms with E-state index in [9.17, 15) is 18.0 Å². The molecule has 0 fully saturated rings. The fourth-order valence-electron chi connectivity index (χ4n) is 2.20. The quantitative estimate of drug-likeness (QED) is 0.744. The van der Waals surface area contributed by atoms with Crippen LogP contribution in [0.15, 0.2) is 42.5 Å². The van der Waals surface area contributed by atoms with Crippen molar-refractivity contribution in [2.45, 2.75) is 25.6 Å². The SMILES string of the molecule is CC[C@@H](Oc1ccccc1OC)C(=O)Nc1cc(C(F)(F)F)ccc1Cl. The molecule has 0 saturated carbocycles. The maximum Gasteiger partial charge on any atom is 0.416 e. The van der Waals surface area contributed by atoms with E-state index < -0.39 is 23.8 Å². The smallest absolute Gasteiger partial charge is 0.416 e. The first-order valence-electron chi connectivity index (χ1n) is 7.73. The third kappa shape index (κ3) is 4.82. The maximum atomic E-state index is 12.8. The number of rotatable bonds is 6. The van der Waals surface area contributed by atoms with Gasteiger partial charge in [0, 0.05) is 0 Å². The maximum absolute atomic E-state index is 12.8. The number of nitrogens with one attached hydrogen (secondary N) is 1. The minimum absolute atomic E-state index is 0.00139. The van der Waals surface area contributed by atoms with E-state index in [0.717, 1.165) is 18.2 Å². The Morgan fingerprint density at radius 2 is 1.85 bits per heavy atom. The minimum atomic E-state index is -4.54. The molecule has 0 aliphatic rings. The molecule has 2 aromatic rings. The fourth-order valence-corrected chi connectivity index (χ4v) is 2.37. The van der Waals surface area contributed by atoms with Crippen LogP contribution in [0.5, 0.6) is 11.5 Å². The van der Waals surface area contributed by atoms with Crippen molar-refractivity contribution in [3.63, 3.8) is 0 Å². The van der Waals surface area contributed by atoms with E-state index >= 15 is 0 Å². The van der Waals surface area contributed by atoms with Crippen LogP contribution >= 0.6 is 11.6 Å². The standard InChI is InChI=1S/C18H17ClF3NO3/c1-3-14(26-16-7-5-4-6-15(16)25-2)17(24)23-13-10-11(18(20,21)22)8-9-12(13)19/h4-10,14H,3H2,1-2H3,(H,23,24)/t14-/m1/s1. The van der Waals surface area contributed by atoms with Crippen molar-refractivity contribution in [2.24, 2.45) is 0 Å². The number of ether oxygens (including phenoxy) is 2. The van der Waals surface area contributed by atoms with Crippen LogP contribution in [-0.4, -0.2) is 19.1 Å². The molecule has 26 heavy (non-hydrogen) atoms. The largest absolute Gasteiger partial charge is 0.493 e. The van der Waals surface area contributed by atoms with E-state index in [4.69, 9.17) is 21.1 Å². The molecule has 0 saturated heterocycles. The molecule has 0 heterocycles. The molecule has 2 rings (SSSR count). The Bertz CT molecular complexity index is 781. The molecule has 0 bridgehead atoms. The highest BCUT2D eigenvalue weighted by molar-refractivity contribution is 6.33. The summed E-state index contributed by atoms with van der Waals surface area (Å²) in [6, 6.07) is 9.48. The van der Waals surface area contributed by atoms with Gasteiger partial charge >= 0.3 is 6.18 Å². The average molecular weight is 388 g/mol. The van der Waals surface area contributed by atoms with Gasteiger partial charge in [-0.2, -0.15) is 13.2 Å². The molecule has 1 atom stereocenters. The van der Waals surface area contributed by atoms with Gasteiger partial charge in [0.1, 0.15) is 0 Å². The van der Waals surface area contributed by atoms with Crippen molar-refractivity contribution in [3.05, 3.63) is 53.1 Å². The van der Waals surface area contributed by atoms with Crippen molar-refractivity contribution in [2.75, 3.05) is 12.4 Å². The summed E-state index contributed by atoms with van der Waals surface area (Å²) in [4.78, 5) is 12.4. The van der Waals surface area contributed by atoms with Crippen molar-refractivity contribution < 1.29 is 27.4 Å². The van der Waals surface area contributed by atoms with Gasteiger partial charge in [-0.3, -0.25) is 4.79 Å². The van der Waals surface area contributed by atoms with Crippen molar-refractivity contribution in [3.8, 4) is 11.5 Å². The van der Waals surface area contributed by atoms with E-state index in [-0.39, 0.29) is 10.7 Å². The number of hydrogen-bond donors (Lipinski definition) is 1. The molecule has 2 aromatic carbocycles. The molecule has 1 amide bonds. The second-order valence-corrected chi connectivity index (χ2v) is 5.75. The summed E-state index contributed by atoms with van der Waals surface area (Å²) in [7, 11) is 1.46. The molecule has 0 spiro atoms. The lowest BCUT2D eigenvalue weighted by atomic mass is 10.1. The third-order valence-electron chi connectivity index (χ3n) is 3.55. The molecule has 8 heteroatoms. The highest BCUT2D eigenvalue weighted by Crippen LogP contribution is 2.34. The number of methoxy groups -OCH3 is 1. The van der Waals surface area contributed by atoms with E-state index in [2.05, 4.69) is 5.32 Å². The Morgan fingerprint density at radius 1 is 1.19 bits per heavy atom. The van der Waals surface area contributed by atoms with Crippen LogP contribution in [0.1, 0.15) is 18.9 Å². The summed E-state index contributed by atoms with van der Waals surface area (Å²) < 4.78 is 49.3. The summed E-state index contributed by atoms with van der Waals surface area (Å²) in [5.74, 6) is 0.183. The summed E-state index contributed by atoms with van der Waals surface area (Å²) >= 11 is 5.90. The first kappa shape index (κ1) is 19.9. The Kier molecular flexibility index (Phi) is 6.37. The molecule has 1 N–H and O–H groups in total. The number of para-hydroxylation sites is 2. The van der Waals surface area contributed by atoms with Crippen LogP contribution in [0.25, 0.3) is 0 Å². The molecule has 4 nitrogen and oxygen atoms in total. The molecule has 140 valence electrons. The van der Waals surface area contributed by atoms with Crippen molar-refractivity contribution in [1.29, 1.82) is 0 Å². The molecule has 0 aliphatic carbocycles. The second-order valence-electron chi connectivity index (χ2n) is 5.35. The lowest BCUT2D eigenvalue weighted by Gasteiger charge is -2.19. The van der Waals surface area contributed by atoms with Gasteiger partial charge in [0.2, 0.25) is 0 Å². The highest BCUT2D eigenvalue weighted by Gasteiger charge is 2.31. The van der Waals surface area contributed by atoms with Gasteiger partial charge in [0.05, 0.1) is 23.4 Å². The molecular formula is C18H17ClF3NO3. The lowest BCUT2D eigenvalue weighted by Crippen LogP contribution is -2.32. The Labute approximate surface area is 153 Å². The van der Waals surface area contributed by atoms with E-state index in [1.165, 1.54) is 7.11 Å². The number of hydrogen-bond acceptors (Lipinski definition) is 3. The first-order valence-corrected chi connectivity index (χ1v) is 8.11. The molecule has 0 unspecified atom stereocenters. The van der Waals surface area contributed by atoms with Crippen molar-refractivity contribution >= 4 is 23.2 Å². The zero-order valence-corrected chi connectivity index (χ0v) is 14.8. The van der Waals surface area contributed by atoms with Gasteiger partial charge in [-0.1, -0.05) is 30.7 Å². The van der Waals surface area contributed by atoms with Gasteiger partial charge in [-0.15, -0.1) is 0 Å². The second kappa shape index (κ2) is 8.31. The van der Waals surface area contributed by atoms with E-state index in [1.54, 1.807) is 31.2 Å². The predicted molar refractivity (Wildman–Crippen MR) is 92.8 cm³/mol. The summed E-state index contributed by atoms with van der Waals surface area (Å²) in [5.41, 5.74) is -1.04. The van der Waals surface area contributed by atoms with Crippen molar-refractivity contribution in [1.82, 2.24) is 0 Å². The zero-order valence-electron chi connectivity index (χ0n) is 14.1. The van der Waals surface area contributed by atoms with Gasteiger partial charge in [0.15, 0.2) is 17.6 Å². The minimum Gasteiger partial charge on any atom is -0.493 e. The topological polar surface area (TPSA) is 47.6 Å². The highest BCUT2D eigenvalue weighted by atomic mass is 35.5.